The molecule has 0 saturated carbocycles. The van der Waals surface area contributed by atoms with Crippen molar-refractivity contribution in [1.29, 1.82) is 0 Å². The highest BCUT2D eigenvalue weighted by Gasteiger charge is 2.15. The Balaban J connectivity index is 2.36. The van der Waals surface area contributed by atoms with Gasteiger partial charge in [0, 0.05) is 36.9 Å². The minimum Gasteiger partial charge on any atom is -0.314 e. The third-order valence-electron chi connectivity index (χ3n) is 1.55. The summed E-state index contributed by atoms with van der Waals surface area (Å²) >= 11 is 0. The second kappa shape index (κ2) is 3.71. The molecule has 0 aromatic carbocycles. The van der Waals surface area contributed by atoms with E-state index in [4.69, 9.17) is 10.7 Å². The van der Waals surface area contributed by atoms with E-state index in [1.807, 2.05) is 4.90 Å². The molecule has 6 heteroatoms. The largest absolute Gasteiger partial charge is 0.314 e. The van der Waals surface area contributed by atoms with Crippen LogP contribution in [0, 0.1) is 0 Å². The van der Waals surface area contributed by atoms with Gasteiger partial charge < -0.3 is 5.32 Å². The molecular weight excluding hydrogens is 188 g/mol. The second-order valence-electron chi connectivity index (χ2n) is 2.54. The summed E-state index contributed by atoms with van der Waals surface area (Å²) in [5, 5.41) is 3.12. The Bertz CT molecular complexity index is 211. The van der Waals surface area contributed by atoms with Gasteiger partial charge in [-0.15, -0.1) is 0 Å². The fraction of sp³-hybridized carbons (Fsp3) is 1.00. The molecule has 1 rings (SSSR count). The van der Waals surface area contributed by atoms with Gasteiger partial charge >= 0.3 is 0 Å². The summed E-state index contributed by atoms with van der Waals surface area (Å²) in [4.78, 5) is 1.82. The fourth-order valence-corrected chi connectivity index (χ4v) is 2.17. The average molecular weight is 199 g/mol. The van der Waals surface area contributed by atoms with Crippen LogP contribution in [0.5, 0.6) is 0 Å². The summed E-state index contributed by atoms with van der Waals surface area (Å²) < 4.78 is 21.2. The quantitative estimate of drug-likeness (QED) is 0.604. The molecule has 0 aliphatic carbocycles. The molecular formula is C5H11ClN2O2S. The van der Waals surface area contributed by atoms with E-state index in [9.17, 15) is 8.42 Å². The molecule has 1 fully saturated rings. The second-order valence-corrected chi connectivity index (χ2v) is 5.28. The molecule has 0 bridgehead atoms. The minimum absolute atomic E-state index is 0.0315. The molecule has 1 aliphatic rings. The molecule has 11 heavy (non-hydrogen) atoms. The van der Waals surface area contributed by atoms with Crippen LogP contribution in [0.2, 0.25) is 0 Å². The first-order chi connectivity index (χ1) is 5.08. The minimum atomic E-state index is -3.35. The van der Waals surface area contributed by atoms with E-state index in [0.29, 0.717) is 0 Å². The van der Waals surface area contributed by atoms with Crippen LogP contribution in [0.15, 0.2) is 0 Å². The molecule has 0 amide bonds. The maximum Gasteiger partial charge on any atom is 0.245 e. The topological polar surface area (TPSA) is 49.4 Å². The summed E-state index contributed by atoms with van der Waals surface area (Å²) in [5.41, 5.74) is 0. The molecule has 0 spiro atoms. The Morgan fingerprint density at radius 3 is 2.36 bits per heavy atom. The predicted octanol–water partition coefficient (Wildman–Crippen LogP) is -0.582. The first-order valence-corrected chi connectivity index (χ1v) is 5.91. The van der Waals surface area contributed by atoms with Gasteiger partial charge in [0.25, 0.3) is 0 Å². The molecule has 0 unspecified atom stereocenters. The Labute approximate surface area is 70.9 Å². The standard InChI is InChI=1S/C5H11ClN2O2S/c6-11(9,10)5-8-3-1-7-2-4-8/h7H,1-5H2. The van der Waals surface area contributed by atoms with Crippen LogP contribution in [-0.4, -0.2) is 45.4 Å². The van der Waals surface area contributed by atoms with Crippen LogP contribution in [0.1, 0.15) is 0 Å². The zero-order chi connectivity index (χ0) is 8.32. The average Bonchev–Trinajstić information content (AvgIpc) is 1.85. The van der Waals surface area contributed by atoms with E-state index in [1.165, 1.54) is 0 Å². The highest BCUT2D eigenvalue weighted by molar-refractivity contribution is 8.13. The summed E-state index contributed by atoms with van der Waals surface area (Å²) in [6.07, 6.45) is 0. The van der Waals surface area contributed by atoms with Gasteiger partial charge in [-0.05, 0) is 0 Å². The summed E-state index contributed by atoms with van der Waals surface area (Å²) in [6.45, 7) is 3.19. The number of nitrogens with one attached hydrogen (secondary N) is 1. The lowest BCUT2D eigenvalue weighted by Crippen LogP contribution is -2.44. The molecule has 0 aromatic heterocycles. The normalized spacial score (nSPS) is 21.9. The van der Waals surface area contributed by atoms with Crippen molar-refractivity contribution in [2.75, 3.05) is 32.1 Å². The van der Waals surface area contributed by atoms with Crippen molar-refractivity contribution >= 4 is 19.7 Å². The zero-order valence-electron chi connectivity index (χ0n) is 6.09. The van der Waals surface area contributed by atoms with E-state index in [0.717, 1.165) is 26.2 Å². The molecule has 1 saturated heterocycles. The van der Waals surface area contributed by atoms with Gasteiger partial charge in [0.05, 0.1) is 0 Å². The molecule has 0 aromatic rings. The van der Waals surface area contributed by atoms with Crippen molar-refractivity contribution in [1.82, 2.24) is 10.2 Å². The van der Waals surface area contributed by atoms with Crippen LogP contribution in [-0.2, 0) is 9.05 Å². The van der Waals surface area contributed by atoms with Crippen molar-refractivity contribution in [3.63, 3.8) is 0 Å². The summed E-state index contributed by atoms with van der Waals surface area (Å²) in [5.74, 6) is -0.0315. The summed E-state index contributed by atoms with van der Waals surface area (Å²) in [7, 11) is 1.72. The third kappa shape index (κ3) is 3.91. The van der Waals surface area contributed by atoms with Gasteiger partial charge in [-0.1, -0.05) is 0 Å². The van der Waals surface area contributed by atoms with Crippen LogP contribution >= 0.6 is 10.7 Å². The molecule has 0 radical (unpaired) electrons. The molecule has 66 valence electrons. The first-order valence-electron chi connectivity index (χ1n) is 3.43. The predicted molar refractivity (Wildman–Crippen MR) is 44.1 cm³/mol. The van der Waals surface area contributed by atoms with E-state index in [-0.39, 0.29) is 5.88 Å². The molecule has 1 heterocycles. The van der Waals surface area contributed by atoms with Crippen molar-refractivity contribution < 1.29 is 8.42 Å². The van der Waals surface area contributed by atoms with Gasteiger partial charge in [0.2, 0.25) is 9.05 Å². The van der Waals surface area contributed by atoms with E-state index in [1.54, 1.807) is 0 Å². The van der Waals surface area contributed by atoms with E-state index < -0.39 is 9.05 Å². The fourth-order valence-electron chi connectivity index (χ4n) is 1.06. The van der Waals surface area contributed by atoms with Crippen molar-refractivity contribution in [3.8, 4) is 0 Å². The Morgan fingerprint density at radius 1 is 1.36 bits per heavy atom. The lowest BCUT2D eigenvalue weighted by atomic mass is 10.4. The number of hydrogen-bond donors (Lipinski definition) is 1. The van der Waals surface area contributed by atoms with Crippen molar-refractivity contribution in [2.24, 2.45) is 0 Å². The monoisotopic (exact) mass is 198 g/mol. The van der Waals surface area contributed by atoms with E-state index in [2.05, 4.69) is 5.32 Å². The first kappa shape index (κ1) is 9.25. The number of nitrogens with zero attached hydrogens (tertiary/aromatic N) is 1. The molecule has 1 N–H and O–H groups in total. The van der Waals surface area contributed by atoms with Gasteiger partial charge in [0.1, 0.15) is 5.88 Å². The number of halogens is 1. The maximum absolute atomic E-state index is 10.6. The summed E-state index contributed by atoms with van der Waals surface area (Å²) in [6, 6.07) is 0. The lowest BCUT2D eigenvalue weighted by Gasteiger charge is -2.25. The molecule has 1 aliphatic heterocycles. The van der Waals surface area contributed by atoms with Gasteiger partial charge in [-0.2, -0.15) is 0 Å². The number of hydrogen-bond acceptors (Lipinski definition) is 4. The zero-order valence-corrected chi connectivity index (χ0v) is 7.66. The van der Waals surface area contributed by atoms with Crippen molar-refractivity contribution in [2.45, 2.75) is 0 Å². The highest BCUT2D eigenvalue weighted by atomic mass is 35.7. The Morgan fingerprint density at radius 2 is 1.91 bits per heavy atom. The lowest BCUT2D eigenvalue weighted by molar-refractivity contribution is 0.275. The molecule has 0 atom stereocenters. The van der Waals surface area contributed by atoms with Crippen LogP contribution in [0.25, 0.3) is 0 Å². The smallest absolute Gasteiger partial charge is 0.245 e. The van der Waals surface area contributed by atoms with E-state index >= 15 is 0 Å². The molecule has 4 nitrogen and oxygen atoms in total. The van der Waals surface area contributed by atoms with Gasteiger partial charge in [0.15, 0.2) is 0 Å². The van der Waals surface area contributed by atoms with Gasteiger partial charge in [-0.25, -0.2) is 8.42 Å². The van der Waals surface area contributed by atoms with Crippen LogP contribution in [0.3, 0.4) is 0 Å². The Kier molecular flexibility index (Phi) is 3.12. The maximum atomic E-state index is 10.6. The van der Waals surface area contributed by atoms with Crippen LogP contribution in [0.4, 0.5) is 0 Å². The van der Waals surface area contributed by atoms with Crippen LogP contribution < -0.4 is 5.32 Å². The third-order valence-corrected chi connectivity index (χ3v) is 2.51. The number of piperazine rings is 1. The SMILES string of the molecule is O=S(=O)(Cl)CN1CCNCC1. The highest BCUT2D eigenvalue weighted by Crippen LogP contribution is 2.01. The number of rotatable bonds is 2. The van der Waals surface area contributed by atoms with Crippen molar-refractivity contribution in [3.05, 3.63) is 0 Å². The Hall–Kier alpha value is 0.160. The van der Waals surface area contributed by atoms with Gasteiger partial charge in [-0.3, -0.25) is 4.90 Å².